The van der Waals surface area contributed by atoms with Crippen molar-refractivity contribution < 1.29 is 4.79 Å². The number of nitrogens with one attached hydrogen (secondary N) is 1. The molecule has 1 N–H and O–H groups in total. The summed E-state index contributed by atoms with van der Waals surface area (Å²) in [6.45, 7) is 7.99. The molecule has 1 aliphatic carbocycles. The summed E-state index contributed by atoms with van der Waals surface area (Å²) in [5.41, 5.74) is 6.47. The smallest absolute Gasteiger partial charge is 0.268 e. The van der Waals surface area contributed by atoms with E-state index < -0.39 is 0 Å². The first kappa shape index (κ1) is 23.5. The third-order valence-corrected chi connectivity index (χ3v) is 7.96. The Hall–Kier alpha value is -3.26. The molecule has 1 saturated carbocycles. The van der Waals surface area contributed by atoms with Crippen molar-refractivity contribution in [3.05, 3.63) is 68.2 Å². The number of aryl methyl sites for hydroxylation is 3. The Bertz CT molecular complexity index is 1470. The molecule has 0 unspecified atom stereocenters. The molecule has 0 atom stereocenters. The third kappa shape index (κ3) is 4.43. The average molecular weight is 490 g/mol. The molecule has 0 aliphatic heterocycles. The number of hydrogen-bond acceptors (Lipinski definition) is 5. The molecule has 3 heterocycles. The molecule has 1 aromatic carbocycles. The maximum atomic E-state index is 13.7. The van der Waals surface area contributed by atoms with E-state index in [1.54, 1.807) is 4.40 Å². The van der Waals surface area contributed by atoms with Gasteiger partial charge in [-0.3, -0.25) is 14.0 Å². The highest BCUT2D eigenvalue weighted by atomic mass is 32.1. The normalized spacial score (nSPS) is 14.5. The molecule has 182 valence electrons. The SMILES string of the molecule is Cc1cccc(-n2nc(-c3c(C)nc4scc(CC(=O)NC5CCCCC5)n4c3=O)cc2C)c1C. The number of amides is 1. The molecular weight excluding hydrogens is 458 g/mol. The minimum atomic E-state index is -0.181. The molecule has 5 rings (SSSR count). The van der Waals surface area contributed by atoms with E-state index in [0.717, 1.165) is 42.6 Å². The van der Waals surface area contributed by atoms with Crippen LogP contribution in [0.25, 0.3) is 21.9 Å². The number of benzene rings is 1. The number of aromatic nitrogens is 4. The van der Waals surface area contributed by atoms with Crippen LogP contribution < -0.4 is 10.9 Å². The number of rotatable bonds is 5. The van der Waals surface area contributed by atoms with Gasteiger partial charge in [0, 0.05) is 22.8 Å². The number of fused-ring (bicyclic) bond motifs is 1. The van der Waals surface area contributed by atoms with Crippen LogP contribution in [0.2, 0.25) is 0 Å². The minimum Gasteiger partial charge on any atom is -0.353 e. The number of nitrogens with zero attached hydrogens (tertiary/aromatic N) is 4. The second-order valence-electron chi connectivity index (χ2n) is 9.60. The third-order valence-electron chi connectivity index (χ3n) is 7.08. The van der Waals surface area contributed by atoms with E-state index in [1.165, 1.54) is 23.3 Å². The van der Waals surface area contributed by atoms with Crippen molar-refractivity contribution in [2.75, 3.05) is 0 Å². The van der Waals surface area contributed by atoms with E-state index in [0.29, 0.717) is 27.6 Å². The van der Waals surface area contributed by atoms with Crippen LogP contribution in [0.4, 0.5) is 0 Å². The van der Waals surface area contributed by atoms with Gasteiger partial charge in [0.2, 0.25) is 5.91 Å². The summed E-state index contributed by atoms with van der Waals surface area (Å²) in [5, 5.41) is 9.84. The lowest BCUT2D eigenvalue weighted by Gasteiger charge is -2.22. The Morgan fingerprint density at radius 2 is 1.91 bits per heavy atom. The average Bonchev–Trinajstić information content (AvgIpc) is 3.39. The maximum absolute atomic E-state index is 13.7. The van der Waals surface area contributed by atoms with Gasteiger partial charge in [0.1, 0.15) is 5.69 Å². The first-order valence-corrected chi connectivity index (χ1v) is 13.1. The van der Waals surface area contributed by atoms with Crippen LogP contribution >= 0.6 is 11.3 Å². The van der Waals surface area contributed by atoms with Crippen molar-refractivity contribution in [2.45, 2.75) is 72.3 Å². The van der Waals surface area contributed by atoms with E-state index in [9.17, 15) is 9.59 Å². The summed E-state index contributed by atoms with van der Waals surface area (Å²) in [6.07, 6.45) is 5.78. The highest BCUT2D eigenvalue weighted by Gasteiger charge is 2.22. The molecule has 1 amide bonds. The van der Waals surface area contributed by atoms with E-state index in [2.05, 4.69) is 25.2 Å². The summed E-state index contributed by atoms with van der Waals surface area (Å²) in [7, 11) is 0. The summed E-state index contributed by atoms with van der Waals surface area (Å²) < 4.78 is 3.47. The van der Waals surface area contributed by atoms with Crippen LogP contribution in [-0.2, 0) is 11.2 Å². The van der Waals surface area contributed by atoms with E-state index in [4.69, 9.17) is 10.1 Å². The summed E-state index contributed by atoms with van der Waals surface area (Å²) in [5.74, 6) is -0.0410. The number of hydrogen-bond donors (Lipinski definition) is 1. The standard InChI is InChI=1S/C27H31N5O2S/c1-16-9-8-12-23(18(16)3)32-17(2)13-22(30-32)25-19(4)28-27-31(26(25)34)21(15-35-27)14-24(33)29-20-10-6-5-7-11-20/h8-9,12-13,15,20H,5-7,10-11,14H2,1-4H3,(H,29,33). The Morgan fingerprint density at radius 1 is 1.14 bits per heavy atom. The highest BCUT2D eigenvalue weighted by molar-refractivity contribution is 7.15. The Balaban J connectivity index is 1.52. The van der Waals surface area contributed by atoms with Crippen molar-refractivity contribution in [1.29, 1.82) is 0 Å². The zero-order valence-electron chi connectivity index (χ0n) is 20.7. The Kier molecular flexibility index (Phi) is 6.32. The van der Waals surface area contributed by atoms with Crippen LogP contribution in [0.3, 0.4) is 0 Å². The second kappa shape index (κ2) is 9.41. The monoisotopic (exact) mass is 489 g/mol. The van der Waals surface area contributed by atoms with Crippen molar-refractivity contribution in [3.63, 3.8) is 0 Å². The van der Waals surface area contributed by atoms with Gasteiger partial charge in [-0.2, -0.15) is 5.10 Å². The van der Waals surface area contributed by atoms with Gasteiger partial charge in [0.15, 0.2) is 4.96 Å². The zero-order valence-corrected chi connectivity index (χ0v) is 21.5. The summed E-state index contributed by atoms with van der Waals surface area (Å²) >= 11 is 1.39. The quantitative estimate of drug-likeness (QED) is 0.435. The molecule has 0 spiro atoms. The highest BCUT2D eigenvalue weighted by Crippen LogP contribution is 2.25. The number of carbonyl (C=O) groups excluding carboxylic acids is 1. The molecule has 4 aromatic rings. The zero-order chi connectivity index (χ0) is 24.7. The molecule has 0 bridgehead atoms. The number of carbonyl (C=O) groups is 1. The van der Waals surface area contributed by atoms with E-state index >= 15 is 0 Å². The lowest BCUT2D eigenvalue weighted by atomic mass is 9.95. The fourth-order valence-corrected chi connectivity index (χ4v) is 5.95. The summed E-state index contributed by atoms with van der Waals surface area (Å²) in [4.78, 5) is 31.8. The molecular formula is C27H31N5O2S. The van der Waals surface area contributed by atoms with Crippen molar-refractivity contribution in [2.24, 2.45) is 0 Å². The van der Waals surface area contributed by atoms with Gasteiger partial charge in [0.05, 0.1) is 23.4 Å². The van der Waals surface area contributed by atoms with Crippen LogP contribution in [0.1, 0.15) is 60.3 Å². The molecule has 7 nitrogen and oxygen atoms in total. The largest absolute Gasteiger partial charge is 0.353 e. The van der Waals surface area contributed by atoms with Gasteiger partial charge in [0.25, 0.3) is 5.56 Å². The second-order valence-corrected chi connectivity index (χ2v) is 10.4. The first-order valence-electron chi connectivity index (χ1n) is 12.3. The first-order chi connectivity index (χ1) is 16.8. The Labute approximate surface area is 208 Å². The molecule has 3 aromatic heterocycles. The maximum Gasteiger partial charge on any atom is 0.268 e. The molecule has 0 radical (unpaired) electrons. The topological polar surface area (TPSA) is 81.3 Å². The lowest BCUT2D eigenvalue weighted by molar-refractivity contribution is -0.121. The van der Waals surface area contributed by atoms with E-state index in [-0.39, 0.29) is 23.9 Å². The van der Waals surface area contributed by atoms with Gasteiger partial charge >= 0.3 is 0 Å². The molecule has 1 fully saturated rings. The fourth-order valence-electron chi connectivity index (χ4n) is 5.02. The molecule has 1 aliphatic rings. The van der Waals surface area contributed by atoms with Gasteiger partial charge < -0.3 is 5.32 Å². The fraction of sp³-hybridized carbons (Fsp3) is 0.407. The summed E-state index contributed by atoms with van der Waals surface area (Å²) in [6, 6.07) is 8.31. The van der Waals surface area contributed by atoms with E-state index in [1.807, 2.05) is 42.1 Å². The van der Waals surface area contributed by atoms with Crippen LogP contribution in [0.15, 0.2) is 34.4 Å². The minimum absolute atomic E-state index is 0.0410. The Morgan fingerprint density at radius 3 is 2.69 bits per heavy atom. The van der Waals surface area contributed by atoms with Crippen molar-refractivity contribution >= 4 is 22.2 Å². The van der Waals surface area contributed by atoms with Gasteiger partial charge in [-0.1, -0.05) is 31.4 Å². The predicted octanol–water partition coefficient (Wildman–Crippen LogP) is 4.83. The van der Waals surface area contributed by atoms with Gasteiger partial charge in [-0.05, 0) is 63.8 Å². The van der Waals surface area contributed by atoms with Crippen LogP contribution in [0, 0.1) is 27.7 Å². The van der Waals surface area contributed by atoms with Gasteiger partial charge in [-0.15, -0.1) is 11.3 Å². The van der Waals surface area contributed by atoms with Gasteiger partial charge in [-0.25, -0.2) is 9.67 Å². The molecule has 0 saturated heterocycles. The molecule has 35 heavy (non-hydrogen) atoms. The number of thiazole rings is 1. The molecule has 8 heteroatoms. The van der Waals surface area contributed by atoms with Crippen LogP contribution in [0.5, 0.6) is 0 Å². The lowest BCUT2D eigenvalue weighted by Crippen LogP contribution is -2.37. The van der Waals surface area contributed by atoms with Crippen molar-refractivity contribution in [1.82, 2.24) is 24.5 Å². The van der Waals surface area contributed by atoms with Crippen LogP contribution in [-0.4, -0.2) is 31.1 Å². The van der Waals surface area contributed by atoms with Crippen molar-refractivity contribution in [3.8, 4) is 16.9 Å². The predicted molar refractivity (Wildman–Crippen MR) is 140 cm³/mol.